The number of amides is 2. The number of anilines is 1. The van der Waals surface area contributed by atoms with Crippen LogP contribution in [0, 0.1) is 23.2 Å². The first-order chi connectivity index (χ1) is 17.0. The van der Waals surface area contributed by atoms with Crippen LogP contribution in [0.4, 0.5) is 5.95 Å². The molecule has 35 heavy (non-hydrogen) atoms. The topological polar surface area (TPSA) is 130 Å². The molecule has 0 spiro atoms. The number of benzene rings is 1. The smallest absolute Gasteiger partial charge is 0.273 e. The summed E-state index contributed by atoms with van der Waals surface area (Å²) in [5, 5.41) is 20.9. The zero-order valence-corrected chi connectivity index (χ0v) is 19.4. The largest absolute Gasteiger partial charge is 0.348 e. The molecule has 3 aromatic rings. The van der Waals surface area contributed by atoms with Gasteiger partial charge in [-0.05, 0) is 54.9 Å². The molecule has 1 N–H and O–H groups in total. The Hall–Kier alpha value is -3.84. The second-order valence-electron chi connectivity index (χ2n) is 9.43. The maximum atomic E-state index is 12.6. The number of nitriles is 1. The van der Waals surface area contributed by atoms with Gasteiger partial charge in [0.1, 0.15) is 0 Å². The van der Waals surface area contributed by atoms with Crippen molar-refractivity contribution in [1.29, 1.82) is 5.26 Å². The number of carbonyl (C=O) groups excluding carboxylic acids is 2. The van der Waals surface area contributed by atoms with Crippen molar-refractivity contribution in [3.05, 3.63) is 64.2 Å². The molecule has 3 aliphatic rings. The quantitative estimate of drug-likeness (QED) is 0.563. The lowest BCUT2D eigenvalue weighted by atomic mass is 9.74. The minimum Gasteiger partial charge on any atom is -0.348 e. The summed E-state index contributed by atoms with van der Waals surface area (Å²) in [7, 11) is 0. The van der Waals surface area contributed by atoms with Crippen LogP contribution in [0.3, 0.4) is 0 Å². The highest BCUT2D eigenvalue weighted by molar-refractivity contribution is 6.30. The van der Waals surface area contributed by atoms with Gasteiger partial charge in [-0.2, -0.15) is 5.26 Å². The van der Waals surface area contributed by atoms with Gasteiger partial charge in [0.2, 0.25) is 11.9 Å². The van der Waals surface area contributed by atoms with E-state index in [1.807, 2.05) is 6.07 Å². The average Bonchev–Trinajstić information content (AvgIpc) is 3.33. The van der Waals surface area contributed by atoms with Crippen molar-refractivity contribution >= 4 is 29.4 Å². The molecule has 2 aliphatic carbocycles. The highest BCUT2D eigenvalue weighted by atomic mass is 35.5. The standard InChI is InChI=1S/C24H21ClN8O2/c25-17-2-1-14(7-26)19(6-17)15-3-18(4-15)29-22(34)21-12-32(31-30-21)10-13-8-27-24(28-9-13)33-11-16-5-20(16)23(33)35/h1-2,6,8-9,12,15-16,18,20H,3-5,10-11H2,(H,29,34)/t15-,16-,18+,20-/m1/s1. The predicted molar refractivity (Wildman–Crippen MR) is 125 cm³/mol. The Balaban J connectivity index is 1.03. The van der Waals surface area contributed by atoms with Crippen LogP contribution in [0.5, 0.6) is 0 Å². The van der Waals surface area contributed by atoms with Gasteiger partial charge in [-0.3, -0.25) is 14.5 Å². The molecule has 0 bridgehead atoms. The summed E-state index contributed by atoms with van der Waals surface area (Å²) >= 11 is 6.09. The van der Waals surface area contributed by atoms with Crippen LogP contribution in [0.25, 0.3) is 0 Å². The molecule has 3 fully saturated rings. The second-order valence-corrected chi connectivity index (χ2v) is 9.86. The first kappa shape index (κ1) is 21.7. The Kier molecular flexibility index (Phi) is 5.22. The SMILES string of the molecule is N#Cc1ccc(Cl)cc1[C@H]1C[C@@H](NC(=O)c2cn(Cc3cnc(N4C[C@H]5C[C@H]5C4=O)nc3)nn2)C1. The highest BCUT2D eigenvalue weighted by Crippen LogP contribution is 2.46. The van der Waals surface area contributed by atoms with Gasteiger partial charge < -0.3 is 5.32 Å². The third-order valence-corrected chi connectivity index (χ3v) is 7.25. The van der Waals surface area contributed by atoms with E-state index in [0.29, 0.717) is 35.5 Å². The summed E-state index contributed by atoms with van der Waals surface area (Å²) in [5.74, 6) is 1.07. The van der Waals surface area contributed by atoms with Crippen molar-refractivity contribution in [2.45, 2.75) is 37.8 Å². The molecule has 6 rings (SSSR count). The van der Waals surface area contributed by atoms with E-state index in [-0.39, 0.29) is 35.4 Å². The molecule has 2 atom stereocenters. The first-order valence-corrected chi connectivity index (χ1v) is 11.9. The lowest BCUT2D eigenvalue weighted by Gasteiger charge is -2.36. The van der Waals surface area contributed by atoms with Gasteiger partial charge in [0.05, 0.1) is 24.4 Å². The van der Waals surface area contributed by atoms with Crippen LogP contribution >= 0.6 is 11.6 Å². The molecule has 2 saturated carbocycles. The number of nitrogens with one attached hydrogen (secondary N) is 1. The van der Waals surface area contributed by atoms with Crippen LogP contribution < -0.4 is 10.2 Å². The molecule has 0 radical (unpaired) electrons. The highest BCUT2D eigenvalue weighted by Gasteiger charge is 2.53. The van der Waals surface area contributed by atoms with Crippen molar-refractivity contribution in [3.63, 3.8) is 0 Å². The van der Waals surface area contributed by atoms with Crippen molar-refractivity contribution < 1.29 is 9.59 Å². The Bertz CT molecular complexity index is 1360. The summed E-state index contributed by atoms with van der Waals surface area (Å²) in [6.45, 7) is 1.06. The molecule has 1 aromatic carbocycles. The van der Waals surface area contributed by atoms with Gasteiger partial charge in [-0.1, -0.05) is 16.8 Å². The molecule has 2 amide bonds. The summed E-state index contributed by atoms with van der Waals surface area (Å²) in [5.41, 5.74) is 2.57. The van der Waals surface area contributed by atoms with Gasteiger partial charge in [0, 0.05) is 41.5 Å². The van der Waals surface area contributed by atoms with E-state index < -0.39 is 0 Å². The molecule has 1 saturated heterocycles. The van der Waals surface area contributed by atoms with Gasteiger partial charge in [0.15, 0.2) is 5.69 Å². The van der Waals surface area contributed by atoms with Gasteiger partial charge >= 0.3 is 0 Å². The third-order valence-electron chi connectivity index (χ3n) is 7.02. The lowest BCUT2D eigenvalue weighted by Crippen LogP contribution is -2.43. The molecular weight excluding hydrogens is 468 g/mol. The van der Waals surface area contributed by atoms with E-state index in [4.69, 9.17) is 11.6 Å². The monoisotopic (exact) mass is 488 g/mol. The van der Waals surface area contributed by atoms with Crippen molar-refractivity contribution in [3.8, 4) is 6.07 Å². The fraction of sp³-hybridized carbons (Fsp3) is 0.375. The van der Waals surface area contributed by atoms with Crippen LogP contribution in [0.2, 0.25) is 5.02 Å². The first-order valence-electron chi connectivity index (χ1n) is 11.5. The van der Waals surface area contributed by atoms with Crippen molar-refractivity contribution in [1.82, 2.24) is 30.3 Å². The molecule has 0 unspecified atom stereocenters. The fourth-order valence-electron chi connectivity index (χ4n) is 4.91. The third kappa shape index (κ3) is 4.12. The number of fused-ring (bicyclic) bond motifs is 1. The molecule has 10 nitrogen and oxygen atoms in total. The van der Waals surface area contributed by atoms with Gasteiger partial charge in [0.25, 0.3) is 5.91 Å². The minimum absolute atomic E-state index is 0.00320. The summed E-state index contributed by atoms with van der Waals surface area (Å²) in [6, 6.07) is 7.48. The molecule has 176 valence electrons. The Morgan fingerprint density at radius 1 is 1.23 bits per heavy atom. The number of halogens is 1. The maximum Gasteiger partial charge on any atom is 0.273 e. The summed E-state index contributed by atoms with van der Waals surface area (Å²) in [6.07, 6.45) is 7.38. The summed E-state index contributed by atoms with van der Waals surface area (Å²) < 4.78 is 1.55. The second kappa shape index (κ2) is 8.43. The normalized spacial score (nSPS) is 24.5. The van der Waals surface area contributed by atoms with E-state index in [9.17, 15) is 14.9 Å². The Morgan fingerprint density at radius 3 is 2.74 bits per heavy atom. The molecule has 1 aliphatic heterocycles. The number of carbonyl (C=O) groups is 2. The lowest BCUT2D eigenvalue weighted by molar-refractivity contribution is -0.118. The molecule has 3 heterocycles. The van der Waals surface area contributed by atoms with Crippen LogP contribution in [-0.2, 0) is 11.3 Å². The number of hydrogen-bond acceptors (Lipinski definition) is 7. The molecule has 11 heteroatoms. The average molecular weight is 489 g/mol. The van der Waals surface area contributed by atoms with Gasteiger partial charge in [-0.25, -0.2) is 14.6 Å². The number of rotatable bonds is 6. The van der Waals surface area contributed by atoms with Crippen LogP contribution in [0.15, 0.2) is 36.8 Å². The van der Waals surface area contributed by atoms with Crippen molar-refractivity contribution in [2.24, 2.45) is 11.8 Å². The Labute approximate surface area is 205 Å². The van der Waals surface area contributed by atoms with E-state index in [1.165, 1.54) is 0 Å². The summed E-state index contributed by atoms with van der Waals surface area (Å²) in [4.78, 5) is 35.1. The van der Waals surface area contributed by atoms with E-state index in [2.05, 4.69) is 31.7 Å². The predicted octanol–water partition coefficient (Wildman–Crippen LogP) is 2.30. The molecular formula is C24H21ClN8O2. The molecule has 2 aromatic heterocycles. The van der Waals surface area contributed by atoms with E-state index >= 15 is 0 Å². The number of piperidine rings is 1. The van der Waals surface area contributed by atoms with E-state index in [1.54, 1.807) is 40.3 Å². The zero-order valence-electron chi connectivity index (χ0n) is 18.6. The number of hydrogen-bond donors (Lipinski definition) is 1. The van der Waals surface area contributed by atoms with Crippen LogP contribution in [0.1, 0.15) is 52.4 Å². The maximum absolute atomic E-state index is 12.6. The van der Waals surface area contributed by atoms with Crippen molar-refractivity contribution in [2.75, 3.05) is 11.4 Å². The fourth-order valence-corrected chi connectivity index (χ4v) is 5.10. The minimum atomic E-state index is -0.288. The number of aromatic nitrogens is 5. The number of nitrogens with zero attached hydrogens (tertiary/aromatic N) is 7. The zero-order chi connectivity index (χ0) is 24.1. The Morgan fingerprint density at radius 2 is 2.03 bits per heavy atom. The van der Waals surface area contributed by atoms with Crippen LogP contribution in [-0.4, -0.2) is 49.4 Å². The van der Waals surface area contributed by atoms with Gasteiger partial charge in [-0.15, -0.1) is 5.10 Å². The van der Waals surface area contributed by atoms with E-state index in [0.717, 1.165) is 30.4 Å².